The second-order valence-electron chi connectivity index (χ2n) is 6.29. The van der Waals surface area contributed by atoms with E-state index in [0.717, 1.165) is 18.7 Å². The number of ether oxygens (including phenoxy) is 1. The van der Waals surface area contributed by atoms with Gasteiger partial charge in [-0.3, -0.25) is 9.69 Å². The molecule has 0 saturated carbocycles. The number of hydrogen-bond acceptors (Lipinski definition) is 4. The van der Waals surface area contributed by atoms with E-state index in [1.54, 1.807) is 6.92 Å². The molecule has 0 spiro atoms. The van der Waals surface area contributed by atoms with E-state index in [1.165, 1.54) is 0 Å². The monoisotopic (exact) mass is 340 g/mol. The molecule has 2 rings (SSSR count). The van der Waals surface area contributed by atoms with E-state index < -0.39 is 5.60 Å². The molecular weight excluding hydrogens is 316 g/mol. The number of carbonyl (C=O) groups excluding carboxylic acids is 1. The molecule has 0 radical (unpaired) electrons. The van der Waals surface area contributed by atoms with Crippen LogP contribution in [-0.4, -0.2) is 60.9 Å². The third kappa shape index (κ3) is 6.87. The van der Waals surface area contributed by atoms with Crippen LogP contribution in [0.5, 0.6) is 0 Å². The first-order valence-corrected chi connectivity index (χ1v) is 8.36. The van der Waals surface area contributed by atoms with E-state index in [0.29, 0.717) is 37.6 Å². The summed E-state index contributed by atoms with van der Waals surface area (Å²) in [6.45, 7) is 5.56. The van der Waals surface area contributed by atoms with Crippen molar-refractivity contribution in [3.63, 3.8) is 0 Å². The number of nitrogens with zero attached hydrogens (tertiary/aromatic N) is 1. The molecular formula is C17H25ClN2O3. The first-order chi connectivity index (χ1) is 10.9. The average molecular weight is 341 g/mol. The summed E-state index contributed by atoms with van der Waals surface area (Å²) in [5.41, 5.74) is 0.0935. The van der Waals surface area contributed by atoms with Crippen LogP contribution < -0.4 is 5.32 Å². The smallest absolute Gasteiger partial charge is 0.220 e. The van der Waals surface area contributed by atoms with Crippen LogP contribution in [0.3, 0.4) is 0 Å². The van der Waals surface area contributed by atoms with Crippen molar-refractivity contribution in [1.29, 1.82) is 0 Å². The molecule has 2 N–H and O–H groups in total. The van der Waals surface area contributed by atoms with Gasteiger partial charge in [0, 0.05) is 37.6 Å². The van der Waals surface area contributed by atoms with Gasteiger partial charge in [0.05, 0.1) is 18.8 Å². The Kier molecular flexibility index (Phi) is 6.84. The zero-order valence-corrected chi connectivity index (χ0v) is 14.3. The highest BCUT2D eigenvalue weighted by Gasteiger charge is 2.25. The van der Waals surface area contributed by atoms with Crippen LogP contribution in [0.2, 0.25) is 5.02 Å². The highest BCUT2D eigenvalue weighted by Crippen LogP contribution is 2.12. The maximum Gasteiger partial charge on any atom is 0.220 e. The summed E-state index contributed by atoms with van der Waals surface area (Å²) in [5.74, 6) is -0.0628. The van der Waals surface area contributed by atoms with E-state index in [1.807, 2.05) is 24.3 Å². The molecule has 0 aromatic heterocycles. The van der Waals surface area contributed by atoms with Crippen LogP contribution in [0.4, 0.5) is 0 Å². The Bertz CT molecular complexity index is 516. The van der Waals surface area contributed by atoms with Crippen LogP contribution in [0.1, 0.15) is 18.9 Å². The summed E-state index contributed by atoms with van der Waals surface area (Å²) < 4.78 is 5.29. The van der Waals surface area contributed by atoms with Gasteiger partial charge in [-0.05, 0) is 31.0 Å². The molecule has 1 atom stereocenters. The molecule has 1 aromatic rings. The van der Waals surface area contributed by atoms with E-state index in [4.69, 9.17) is 16.3 Å². The number of β-amino-alcohol motifs (C(OH)–C–C–N with tert-alkyl or cyclic N) is 1. The predicted molar refractivity (Wildman–Crippen MR) is 90.7 cm³/mol. The lowest BCUT2D eigenvalue weighted by atomic mass is 10.1. The van der Waals surface area contributed by atoms with E-state index in [9.17, 15) is 9.90 Å². The number of aryl methyl sites for hydroxylation is 1. The van der Waals surface area contributed by atoms with Crippen LogP contribution in [-0.2, 0) is 16.0 Å². The lowest BCUT2D eigenvalue weighted by Crippen LogP contribution is -2.51. The summed E-state index contributed by atoms with van der Waals surface area (Å²) in [7, 11) is 0. The Hall–Kier alpha value is -1.14. The largest absolute Gasteiger partial charge is 0.387 e. The van der Waals surface area contributed by atoms with Crippen LogP contribution >= 0.6 is 11.6 Å². The van der Waals surface area contributed by atoms with Crippen molar-refractivity contribution in [1.82, 2.24) is 10.2 Å². The maximum atomic E-state index is 12.0. The van der Waals surface area contributed by atoms with E-state index in [-0.39, 0.29) is 12.5 Å². The van der Waals surface area contributed by atoms with Crippen molar-refractivity contribution < 1.29 is 14.6 Å². The molecule has 1 aliphatic heterocycles. The molecule has 1 saturated heterocycles. The van der Waals surface area contributed by atoms with Gasteiger partial charge in [0.25, 0.3) is 0 Å². The van der Waals surface area contributed by atoms with Crippen molar-refractivity contribution in [2.75, 3.05) is 39.4 Å². The van der Waals surface area contributed by atoms with Crippen molar-refractivity contribution in [2.45, 2.75) is 25.4 Å². The number of carbonyl (C=O) groups is 1. The van der Waals surface area contributed by atoms with Crippen LogP contribution in [0, 0.1) is 0 Å². The van der Waals surface area contributed by atoms with Crippen molar-refractivity contribution in [3.8, 4) is 0 Å². The molecule has 0 bridgehead atoms. The highest BCUT2D eigenvalue weighted by molar-refractivity contribution is 6.30. The van der Waals surface area contributed by atoms with Gasteiger partial charge in [-0.1, -0.05) is 23.7 Å². The van der Waals surface area contributed by atoms with Crippen molar-refractivity contribution >= 4 is 17.5 Å². The molecule has 1 aliphatic rings. The number of morpholine rings is 1. The SMILES string of the molecule is CC(O)(CNC(=O)CCc1cccc(Cl)c1)CN1CCOCC1. The van der Waals surface area contributed by atoms with Gasteiger partial charge in [-0.2, -0.15) is 0 Å². The van der Waals surface area contributed by atoms with Gasteiger partial charge < -0.3 is 15.2 Å². The average Bonchev–Trinajstić information content (AvgIpc) is 2.52. The molecule has 1 unspecified atom stereocenters. The predicted octanol–water partition coefficient (Wildman–Crippen LogP) is 1.47. The van der Waals surface area contributed by atoms with Crippen LogP contribution in [0.15, 0.2) is 24.3 Å². The second-order valence-corrected chi connectivity index (χ2v) is 6.73. The molecule has 128 valence electrons. The summed E-state index contributed by atoms with van der Waals surface area (Å²) in [6.07, 6.45) is 1.02. The van der Waals surface area contributed by atoms with Crippen molar-refractivity contribution in [3.05, 3.63) is 34.9 Å². The number of halogens is 1. The maximum absolute atomic E-state index is 12.0. The molecule has 1 fully saturated rings. The first kappa shape index (κ1) is 18.2. The Morgan fingerprint density at radius 3 is 2.87 bits per heavy atom. The fourth-order valence-corrected chi connectivity index (χ4v) is 2.84. The zero-order valence-electron chi connectivity index (χ0n) is 13.6. The fraction of sp³-hybridized carbons (Fsp3) is 0.588. The normalized spacial score (nSPS) is 18.4. The number of aliphatic hydroxyl groups is 1. The first-order valence-electron chi connectivity index (χ1n) is 7.98. The third-order valence-electron chi connectivity index (χ3n) is 3.86. The number of nitrogens with one attached hydrogen (secondary N) is 1. The van der Waals surface area contributed by atoms with Gasteiger partial charge in [0.2, 0.25) is 5.91 Å². The molecule has 5 nitrogen and oxygen atoms in total. The van der Waals surface area contributed by atoms with Gasteiger partial charge in [0.1, 0.15) is 0 Å². The van der Waals surface area contributed by atoms with Gasteiger partial charge >= 0.3 is 0 Å². The van der Waals surface area contributed by atoms with E-state index >= 15 is 0 Å². The number of amides is 1. The lowest BCUT2D eigenvalue weighted by molar-refractivity contribution is -0.122. The minimum absolute atomic E-state index is 0.0628. The zero-order chi connectivity index (χ0) is 16.7. The van der Waals surface area contributed by atoms with Gasteiger partial charge in [-0.25, -0.2) is 0 Å². The third-order valence-corrected chi connectivity index (χ3v) is 4.10. The summed E-state index contributed by atoms with van der Waals surface area (Å²) >= 11 is 5.93. The van der Waals surface area contributed by atoms with Crippen LogP contribution in [0.25, 0.3) is 0 Å². The Labute approximate surface area is 142 Å². The Balaban J connectivity index is 1.70. The Morgan fingerprint density at radius 1 is 1.43 bits per heavy atom. The molecule has 23 heavy (non-hydrogen) atoms. The minimum Gasteiger partial charge on any atom is -0.387 e. The highest BCUT2D eigenvalue weighted by atomic mass is 35.5. The summed E-state index contributed by atoms with van der Waals surface area (Å²) in [4.78, 5) is 14.1. The number of hydrogen-bond donors (Lipinski definition) is 2. The molecule has 1 amide bonds. The minimum atomic E-state index is -0.941. The summed E-state index contributed by atoms with van der Waals surface area (Å²) in [5, 5.41) is 13.9. The van der Waals surface area contributed by atoms with Crippen molar-refractivity contribution in [2.24, 2.45) is 0 Å². The molecule has 0 aliphatic carbocycles. The second kappa shape index (κ2) is 8.64. The molecule has 1 aromatic carbocycles. The fourth-order valence-electron chi connectivity index (χ4n) is 2.62. The number of benzene rings is 1. The standard InChI is InChI=1S/C17H25ClN2O3/c1-17(22,13-20-7-9-23-10-8-20)12-19-16(21)6-5-14-3-2-4-15(18)11-14/h2-4,11,22H,5-10,12-13H2,1H3,(H,19,21). The number of rotatable bonds is 7. The topological polar surface area (TPSA) is 61.8 Å². The van der Waals surface area contributed by atoms with Gasteiger partial charge in [-0.15, -0.1) is 0 Å². The quantitative estimate of drug-likeness (QED) is 0.789. The van der Waals surface area contributed by atoms with E-state index in [2.05, 4.69) is 10.2 Å². The lowest BCUT2D eigenvalue weighted by Gasteiger charge is -2.33. The molecule has 6 heteroatoms. The van der Waals surface area contributed by atoms with Gasteiger partial charge in [0.15, 0.2) is 0 Å². The Morgan fingerprint density at radius 2 is 2.17 bits per heavy atom. The molecule has 1 heterocycles. The summed E-state index contributed by atoms with van der Waals surface area (Å²) in [6, 6.07) is 7.51.